The number of aliphatic carboxylic acids is 4. The van der Waals surface area contributed by atoms with E-state index in [1.807, 2.05) is 0 Å². The monoisotopic (exact) mass is 1060 g/mol. The van der Waals surface area contributed by atoms with E-state index in [4.69, 9.17) is 51.4 Å². The van der Waals surface area contributed by atoms with Crippen LogP contribution >= 0.6 is 0 Å². The maximum atomic E-state index is 14.4. The molecule has 0 radical (unpaired) electrons. The van der Waals surface area contributed by atoms with Crippen LogP contribution in [0.1, 0.15) is 60.8 Å². The predicted octanol–water partition coefficient (Wildman–Crippen LogP) is 0.923. The fourth-order valence-electron chi connectivity index (χ4n) is 8.55. The lowest BCUT2D eigenvalue weighted by Crippen LogP contribution is -2.49. The number of fused-ring (bicyclic) bond motifs is 4. The molecule has 2 aliphatic carbocycles. The number of aryl methyl sites for hydroxylation is 2. The molecule has 0 bridgehead atoms. The fourth-order valence-corrected chi connectivity index (χ4v) is 8.55. The number of hydrogen-bond donors (Lipinski definition) is 8. The molecule has 406 valence electrons. The number of carbonyl (C=O) groups is 8. The summed E-state index contributed by atoms with van der Waals surface area (Å²) in [5, 5.41) is 39.6. The first-order valence-corrected chi connectivity index (χ1v) is 23.9. The van der Waals surface area contributed by atoms with Gasteiger partial charge >= 0.3 is 23.9 Å². The summed E-state index contributed by atoms with van der Waals surface area (Å²) in [6, 6.07) is 6.52. The molecular weight excluding hydrogens is 1000 g/mol. The first-order valence-electron chi connectivity index (χ1n) is 23.9. The van der Waals surface area contributed by atoms with Crippen molar-refractivity contribution in [3.05, 3.63) is 105 Å². The summed E-state index contributed by atoms with van der Waals surface area (Å²) in [6.07, 6.45) is 1.78. The molecule has 0 aromatic heterocycles. The molecule has 6 rings (SSSR count). The number of guanidine groups is 2. The van der Waals surface area contributed by atoms with Gasteiger partial charge in [0.05, 0.1) is 63.9 Å². The number of carboxylic acids is 4. The number of rotatable bonds is 21. The molecule has 26 heteroatoms. The highest BCUT2D eigenvalue weighted by Gasteiger charge is 2.41. The molecule has 76 heavy (non-hydrogen) atoms. The van der Waals surface area contributed by atoms with Crippen LogP contribution in [-0.2, 0) is 92.8 Å². The average Bonchev–Trinajstić information content (AvgIpc) is 3.35. The standard InChI is InChI=1S/C50H58N8O18/c51-49(52)55-31-7-5-29-25-75-37-11-9-35(59)41(43(37)73-15-1-3-27(29)21-31)45(65)57(33(47(67)68)23-39(61)62)13-17-71-19-20-72-18-14-58(34(48(69)70)24-40(63)64)46(66)42-36(60)10-12-38-44(42)74-16-2-4-28-22-32(56-50(53)54)8-6-30(28)26-76-38/h5-8,11-12,21-22,33-34H,1-4,9-10,13-20,23-26H2,(H,61,62)(H,63,64)(H,67,68)(H,69,70)(H4,51,52,55)(H4,53,54,56)/t33-,34-/m0/s1. The van der Waals surface area contributed by atoms with Gasteiger partial charge in [0.2, 0.25) is 0 Å². The summed E-state index contributed by atoms with van der Waals surface area (Å²) in [4.78, 5) is 114. The van der Waals surface area contributed by atoms with E-state index >= 15 is 0 Å². The summed E-state index contributed by atoms with van der Waals surface area (Å²) in [7, 11) is 0. The molecular formula is C50H58N8O18. The molecule has 12 N–H and O–H groups in total. The van der Waals surface area contributed by atoms with Gasteiger partial charge in [-0.25, -0.2) is 19.6 Å². The van der Waals surface area contributed by atoms with Crippen molar-refractivity contribution in [2.24, 2.45) is 32.9 Å². The van der Waals surface area contributed by atoms with E-state index in [0.29, 0.717) is 46.9 Å². The molecule has 2 amide bonds. The molecule has 0 fully saturated rings. The highest BCUT2D eigenvalue weighted by atomic mass is 16.5. The number of carboxylic acid groups (broad SMARTS) is 4. The Morgan fingerprint density at radius 1 is 0.566 bits per heavy atom. The Hall–Kier alpha value is -8.78. The van der Waals surface area contributed by atoms with Crippen LogP contribution in [0.25, 0.3) is 0 Å². The second-order valence-corrected chi connectivity index (χ2v) is 17.4. The van der Waals surface area contributed by atoms with Gasteiger partial charge in [0.1, 0.15) is 36.4 Å². The molecule has 4 aliphatic rings. The first kappa shape index (κ1) is 56.5. The van der Waals surface area contributed by atoms with E-state index < -0.39 is 110 Å². The van der Waals surface area contributed by atoms with Crippen LogP contribution < -0.4 is 22.9 Å². The summed E-state index contributed by atoms with van der Waals surface area (Å²) >= 11 is 0. The molecule has 2 aliphatic heterocycles. The van der Waals surface area contributed by atoms with Crippen LogP contribution in [0.3, 0.4) is 0 Å². The Morgan fingerprint density at radius 3 is 1.32 bits per heavy atom. The van der Waals surface area contributed by atoms with Gasteiger partial charge in [-0.05, 0) is 84.4 Å². The molecule has 2 aromatic rings. The third-order valence-electron chi connectivity index (χ3n) is 12.1. The lowest BCUT2D eigenvalue weighted by atomic mass is 9.97. The smallest absolute Gasteiger partial charge is 0.327 e. The Balaban J connectivity index is 1.13. The molecule has 0 unspecified atom stereocenters. The van der Waals surface area contributed by atoms with Gasteiger partial charge in [-0.15, -0.1) is 0 Å². The van der Waals surface area contributed by atoms with Gasteiger partial charge in [-0.1, -0.05) is 12.1 Å². The topological polar surface area (TPSA) is 408 Å². The molecule has 26 nitrogen and oxygen atoms in total. The van der Waals surface area contributed by atoms with Crippen LogP contribution in [-0.4, -0.2) is 154 Å². The SMILES string of the molecule is NC(N)=Nc1ccc2c(c1)CCCOC1=C(C(=O)N(CCOCCOCCN(C(=O)C3=C4OCCCc5cc(N=C(N)N)ccc5COC4=CCC3=O)[C@@H](CC(=O)O)C(=O)O)[C@@H](CC(=O)O)C(=O)O)C(=O)CC=C1OC2. The van der Waals surface area contributed by atoms with E-state index in [1.54, 1.807) is 36.4 Å². The van der Waals surface area contributed by atoms with E-state index in [2.05, 4.69) is 9.98 Å². The summed E-state index contributed by atoms with van der Waals surface area (Å²) in [5.74, 6) is -10.9. The maximum Gasteiger partial charge on any atom is 0.327 e. The van der Waals surface area contributed by atoms with Gasteiger partial charge in [-0.2, -0.15) is 0 Å². The van der Waals surface area contributed by atoms with Gasteiger partial charge in [-0.3, -0.25) is 28.8 Å². The van der Waals surface area contributed by atoms with Crippen molar-refractivity contribution in [2.75, 3.05) is 52.7 Å². The minimum absolute atomic E-state index is 0.0186. The van der Waals surface area contributed by atoms with Gasteiger partial charge < -0.3 is 81.6 Å². The number of ketones is 2. The lowest BCUT2D eigenvalue weighted by molar-refractivity contribution is -0.154. The average molecular weight is 1060 g/mol. The third-order valence-corrected chi connectivity index (χ3v) is 12.1. The number of Topliss-reactive ketones (excluding diaryl/α,β-unsaturated/α-hetero) is 2. The first-order chi connectivity index (χ1) is 36.3. The minimum atomic E-state index is -1.97. The molecule has 2 atom stereocenters. The zero-order valence-corrected chi connectivity index (χ0v) is 41.1. The maximum absolute atomic E-state index is 14.4. The number of allylic oxidation sites excluding steroid dienone is 2. The quantitative estimate of drug-likeness (QED) is 0.0373. The van der Waals surface area contributed by atoms with Crippen LogP contribution in [0.15, 0.2) is 92.7 Å². The van der Waals surface area contributed by atoms with E-state index in [0.717, 1.165) is 22.3 Å². The second-order valence-electron chi connectivity index (χ2n) is 17.4. The number of benzene rings is 2. The number of carbonyl (C=O) groups excluding carboxylic acids is 4. The van der Waals surface area contributed by atoms with Crippen LogP contribution in [0.2, 0.25) is 0 Å². The summed E-state index contributed by atoms with van der Waals surface area (Å²) < 4.78 is 35.4. The second kappa shape index (κ2) is 26.4. The Morgan fingerprint density at radius 2 is 0.961 bits per heavy atom. The van der Waals surface area contributed by atoms with Crippen molar-refractivity contribution in [1.82, 2.24) is 9.80 Å². The molecule has 0 spiro atoms. The normalized spacial score (nSPS) is 16.3. The van der Waals surface area contributed by atoms with Gasteiger partial charge in [0, 0.05) is 25.9 Å². The Labute approximate surface area is 433 Å². The van der Waals surface area contributed by atoms with Gasteiger partial charge in [0.25, 0.3) is 11.8 Å². The number of hydrogen-bond acceptors (Lipinski definition) is 16. The Bertz CT molecular complexity index is 2620. The Kier molecular flexibility index (Phi) is 19.7. The molecule has 0 saturated heterocycles. The number of ether oxygens (including phenoxy) is 6. The number of amides is 2. The predicted molar refractivity (Wildman–Crippen MR) is 264 cm³/mol. The zero-order chi connectivity index (χ0) is 55.1. The molecule has 2 aromatic carbocycles. The third kappa shape index (κ3) is 14.9. The van der Waals surface area contributed by atoms with Crippen molar-refractivity contribution in [2.45, 2.75) is 76.7 Å². The van der Waals surface area contributed by atoms with Crippen molar-refractivity contribution in [3.8, 4) is 0 Å². The van der Waals surface area contributed by atoms with Crippen LogP contribution in [0, 0.1) is 0 Å². The van der Waals surface area contributed by atoms with Crippen LogP contribution in [0.5, 0.6) is 0 Å². The van der Waals surface area contributed by atoms with E-state index in [-0.39, 0.29) is 87.4 Å². The van der Waals surface area contributed by atoms with Crippen molar-refractivity contribution >= 4 is 70.6 Å². The summed E-state index contributed by atoms with van der Waals surface area (Å²) in [6.45, 7) is -2.53. The number of aliphatic imine (C=N–C) groups is 2. The number of nitrogens with zero attached hydrogens (tertiary/aromatic N) is 4. The highest BCUT2D eigenvalue weighted by Crippen LogP contribution is 2.33. The van der Waals surface area contributed by atoms with E-state index in [9.17, 15) is 58.8 Å². The van der Waals surface area contributed by atoms with E-state index in [1.165, 1.54) is 12.2 Å². The van der Waals surface area contributed by atoms with Crippen molar-refractivity contribution in [3.63, 3.8) is 0 Å². The van der Waals surface area contributed by atoms with Crippen molar-refractivity contribution < 1.29 is 87.2 Å². The highest BCUT2D eigenvalue weighted by molar-refractivity contribution is 6.22. The zero-order valence-electron chi connectivity index (χ0n) is 41.1. The van der Waals surface area contributed by atoms with Crippen molar-refractivity contribution in [1.29, 1.82) is 0 Å². The number of nitrogens with two attached hydrogens (primary N) is 4. The summed E-state index contributed by atoms with van der Waals surface area (Å²) in [5.41, 5.74) is 25.3. The van der Waals surface area contributed by atoms with Gasteiger partial charge in [0.15, 0.2) is 46.5 Å². The lowest BCUT2D eigenvalue weighted by Gasteiger charge is -2.31. The molecule has 2 heterocycles. The van der Waals surface area contributed by atoms with Crippen LogP contribution in [0.4, 0.5) is 11.4 Å². The minimum Gasteiger partial charge on any atom is -0.489 e. The fraction of sp³-hybridized carbons (Fsp3) is 0.400. The molecule has 0 saturated carbocycles. The largest absolute Gasteiger partial charge is 0.489 e.